The summed E-state index contributed by atoms with van der Waals surface area (Å²) in [7, 11) is 0. The molecule has 3 aromatic heterocycles. The molecule has 0 aliphatic rings. The highest BCUT2D eigenvalue weighted by molar-refractivity contribution is 7.99. The first-order valence-electron chi connectivity index (χ1n) is 8.98. The Morgan fingerprint density at radius 3 is 2.71 bits per heavy atom. The summed E-state index contributed by atoms with van der Waals surface area (Å²) in [6.07, 6.45) is 3.62. The highest BCUT2D eigenvalue weighted by Gasteiger charge is 2.09. The summed E-state index contributed by atoms with van der Waals surface area (Å²) in [6, 6.07) is 15.9. The molecule has 0 saturated carbocycles. The van der Waals surface area contributed by atoms with Gasteiger partial charge in [0.2, 0.25) is 0 Å². The molecule has 0 atom stereocenters. The van der Waals surface area contributed by atoms with Gasteiger partial charge in [0.25, 0.3) is 0 Å². The molecule has 0 aliphatic carbocycles. The third-order valence-electron chi connectivity index (χ3n) is 4.20. The molecule has 1 N–H and O–H groups in total. The Morgan fingerprint density at radius 1 is 0.964 bits per heavy atom. The number of ether oxygens (including phenoxy) is 1. The monoisotopic (exact) mass is 408 g/mol. The summed E-state index contributed by atoms with van der Waals surface area (Å²) in [4.78, 5) is 16.8. The van der Waals surface area contributed by atoms with Gasteiger partial charge in [0.05, 0.1) is 28.4 Å². The molecule has 5 nitrogen and oxygen atoms in total. The zero-order chi connectivity index (χ0) is 19.2. The van der Waals surface area contributed by atoms with Gasteiger partial charge in [0.1, 0.15) is 5.75 Å². The zero-order valence-electron chi connectivity index (χ0n) is 15.5. The number of fused-ring (bicyclic) bond motifs is 1. The molecule has 0 aliphatic heterocycles. The molecular weight excluding hydrogens is 388 g/mol. The Bertz CT molecular complexity index is 1020. The lowest BCUT2D eigenvalue weighted by Gasteiger charge is -2.11. The van der Waals surface area contributed by atoms with Crippen molar-refractivity contribution in [2.75, 3.05) is 12.4 Å². The molecule has 0 bridgehead atoms. The minimum absolute atomic E-state index is 0.627. The normalized spacial score (nSPS) is 11.0. The lowest BCUT2D eigenvalue weighted by atomic mass is 10.2. The van der Waals surface area contributed by atoms with Gasteiger partial charge in [-0.05, 0) is 37.3 Å². The smallest absolute Gasteiger partial charge is 0.166 e. The number of thioether (sulfide) groups is 2. The van der Waals surface area contributed by atoms with Crippen molar-refractivity contribution in [3.63, 3.8) is 0 Å². The summed E-state index contributed by atoms with van der Waals surface area (Å²) in [5.41, 5.74) is 4.13. The van der Waals surface area contributed by atoms with E-state index in [1.807, 2.05) is 60.9 Å². The molecule has 0 fully saturated rings. The van der Waals surface area contributed by atoms with Gasteiger partial charge in [-0.1, -0.05) is 30.0 Å². The third-order valence-corrected chi connectivity index (χ3v) is 5.99. The molecule has 7 heteroatoms. The van der Waals surface area contributed by atoms with Crippen LogP contribution in [-0.4, -0.2) is 32.3 Å². The van der Waals surface area contributed by atoms with Crippen molar-refractivity contribution in [2.24, 2.45) is 0 Å². The van der Waals surface area contributed by atoms with Crippen molar-refractivity contribution in [1.29, 1.82) is 0 Å². The lowest BCUT2D eigenvalue weighted by Crippen LogP contribution is -2.04. The Kier molecular flexibility index (Phi) is 6.14. The number of rotatable bonds is 8. The molecule has 0 amide bonds. The fourth-order valence-electron chi connectivity index (χ4n) is 2.73. The van der Waals surface area contributed by atoms with Crippen molar-refractivity contribution >= 4 is 34.6 Å². The minimum Gasteiger partial charge on any atom is -0.492 e. The van der Waals surface area contributed by atoms with Crippen LogP contribution in [0.3, 0.4) is 0 Å². The third kappa shape index (κ3) is 4.66. The molecule has 28 heavy (non-hydrogen) atoms. The van der Waals surface area contributed by atoms with Gasteiger partial charge < -0.3 is 9.72 Å². The number of pyridine rings is 2. The number of imidazole rings is 1. The van der Waals surface area contributed by atoms with Crippen LogP contribution in [0.2, 0.25) is 0 Å². The largest absolute Gasteiger partial charge is 0.492 e. The van der Waals surface area contributed by atoms with Crippen molar-refractivity contribution in [3.8, 4) is 5.75 Å². The van der Waals surface area contributed by atoms with Crippen LogP contribution in [-0.2, 0) is 5.75 Å². The molecule has 4 rings (SSSR count). The van der Waals surface area contributed by atoms with Gasteiger partial charge in [-0.3, -0.25) is 4.98 Å². The van der Waals surface area contributed by atoms with E-state index in [2.05, 4.69) is 26.9 Å². The predicted molar refractivity (Wildman–Crippen MR) is 115 cm³/mol. The van der Waals surface area contributed by atoms with E-state index in [4.69, 9.17) is 4.74 Å². The molecule has 0 unspecified atom stereocenters. The van der Waals surface area contributed by atoms with Crippen molar-refractivity contribution in [1.82, 2.24) is 19.9 Å². The number of aromatic nitrogens is 4. The first-order chi connectivity index (χ1) is 13.8. The molecule has 0 radical (unpaired) electrons. The van der Waals surface area contributed by atoms with Gasteiger partial charge >= 0.3 is 0 Å². The Morgan fingerprint density at radius 2 is 1.86 bits per heavy atom. The average Bonchev–Trinajstić information content (AvgIpc) is 3.15. The Hall–Kier alpha value is -2.51. The number of hydrogen-bond donors (Lipinski definition) is 1. The maximum Gasteiger partial charge on any atom is 0.166 e. The van der Waals surface area contributed by atoms with Crippen LogP contribution in [0.15, 0.2) is 71.1 Å². The summed E-state index contributed by atoms with van der Waals surface area (Å²) < 4.78 is 5.98. The first-order valence-corrected chi connectivity index (χ1v) is 11.0. The quantitative estimate of drug-likeness (QED) is 0.322. The first kappa shape index (κ1) is 18.8. The van der Waals surface area contributed by atoms with Crippen molar-refractivity contribution in [3.05, 3.63) is 72.2 Å². The second-order valence-electron chi connectivity index (χ2n) is 6.09. The number of aromatic amines is 1. The highest BCUT2D eigenvalue weighted by Crippen LogP contribution is 2.27. The van der Waals surface area contributed by atoms with E-state index in [0.717, 1.165) is 49.7 Å². The van der Waals surface area contributed by atoms with Crippen LogP contribution < -0.4 is 4.74 Å². The van der Waals surface area contributed by atoms with Gasteiger partial charge in [-0.2, -0.15) is 0 Å². The number of hydrogen-bond acceptors (Lipinski definition) is 6. The summed E-state index contributed by atoms with van der Waals surface area (Å²) in [6.45, 7) is 2.69. The summed E-state index contributed by atoms with van der Waals surface area (Å²) >= 11 is 3.34. The molecule has 0 saturated heterocycles. The number of benzene rings is 1. The number of H-pyrrole nitrogens is 1. The van der Waals surface area contributed by atoms with Crippen LogP contribution in [0.5, 0.6) is 5.75 Å². The molecule has 1 aromatic carbocycles. The van der Waals surface area contributed by atoms with Gasteiger partial charge in [-0.25, -0.2) is 9.97 Å². The zero-order valence-corrected chi connectivity index (χ0v) is 17.1. The number of para-hydroxylation sites is 2. The molecular formula is C21H20N4OS2. The predicted octanol–water partition coefficient (Wildman–Crippen LogP) is 5.12. The average molecular weight is 409 g/mol. The van der Waals surface area contributed by atoms with Gasteiger partial charge in [0, 0.05) is 29.5 Å². The van der Waals surface area contributed by atoms with E-state index in [1.54, 1.807) is 23.5 Å². The fourth-order valence-corrected chi connectivity index (χ4v) is 4.32. The van der Waals surface area contributed by atoms with Crippen LogP contribution >= 0.6 is 23.5 Å². The molecule has 4 aromatic rings. The number of nitrogens with zero attached hydrogens (tertiary/aromatic N) is 3. The van der Waals surface area contributed by atoms with Gasteiger partial charge in [0.15, 0.2) is 5.16 Å². The Labute approximate surface area is 172 Å². The van der Waals surface area contributed by atoms with E-state index in [-0.39, 0.29) is 0 Å². The lowest BCUT2D eigenvalue weighted by molar-refractivity contribution is 0.340. The minimum atomic E-state index is 0.627. The Balaban J connectivity index is 1.33. The second kappa shape index (κ2) is 9.12. The van der Waals surface area contributed by atoms with Crippen molar-refractivity contribution in [2.45, 2.75) is 22.9 Å². The van der Waals surface area contributed by atoms with Gasteiger partial charge in [-0.15, -0.1) is 11.8 Å². The standard InChI is InChI=1S/C21H20N4OS2/c1-15-18(14-28-21-24-16-6-2-3-7-17(16)25-21)22-11-9-19(15)26-12-13-27-20-8-4-5-10-23-20/h2-11H,12-14H2,1H3,(H,24,25). The molecule has 142 valence electrons. The number of nitrogens with one attached hydrogen (secondary N) is 1. The van der Waals surface area contributed by atoms with E-state index < -0.39 is 0 Å². The summed E-state index contributed by atoms with van der Waals surface area (Å²) in [5, 5.41) is 1.92. The SMILES string of the molecule is Cc1c(OCCSc2ccccn2)ccnc1CSc1nc2ccccc2[nH]1. The maximum atomic E-state index is 5.98. The topological polar surface area (TPSA) is 63.7 Å². The van der Waals surface area contributed by atoms with E-state index >= 15 is 0 Å². The van der Waals surface area contributed by atoms with E-state index in [1.165, 1.54) is 0 Å². The molecule has 3 heterocycles. The highest BCUT2D eigenvalue weighted by atomic mass is 32.2. The van der Waals surface area contributed by atoms with Crippen LogP contribution in [0.4, 0.5) is 0 Å². The second-order valence-corrected chi connectivity index (χ2v) is 8.17. The van der Waals surface area contributed by atoms with Crippen LogP contribution in [0.1, 0.15) is 11.3 Å². The maximum absolute atomic E-state index is 5.98. The van der Waals surface area contributed by atoms with Crippen molar-refractivity contribution < 1.29 is 4.74 Å². The summed E-state index contributed by atoms with van der Waals surface area (Å²) in [5.74, 6) is 2.48. The van der Waals surface area contributed by atoms with E-state index in [9.17, 15) is 0 Å². The van der Waals surface area contributed by atoms with Crippen LogP contribution in [0.25, 0.3) is 11.0 Å². The fraction of sp³-hybridized carbons (Fsp3) is 0.190. The van der Waals surface area contributed by atoms with E-state index in [0.29, 0.717) is 6.61 Å². The van der Waals surface area contributed by atoms with Crippen LogP contribution in [0, 0.1) is 6.92 Å². The molecule has 0 spiro atoms.